The van der Waals surface area contributed by atoms with Gasteiger partial charge in [-0.25, -0.2) is 0 Å². The SMILES string of the molecule is Brc1csc(CNc2ccc3c(c2)CCC3)c1. The number of hydrogen-bond donors (Lipinski definition) is 1. The fourth-order valence-electron chi connectivity index (χ4n) is 2.32. The number of halogens is 1. The van der Waals surface area contributed by atoms with E-state index < -0.39 is 0 Å². The Bertz CT molecular complexity index is 533. The van der Waals surface area contributed by atoms with E-state index in [9.17, 15) is 0 Å². The van der Waals surface area contributed by atoms with Crippen LogP contribution >= 0.6 is 27.3 Å². The van der Waals surface area contributed by atoms with E-state index in [0.717, 1.165) is 6.54 Å². The van der Waals surface area contributed by atoms with Gasteiger partial charge in [0, 0.05) is 27.0 Å². The maximum Gasteiger partial charge on any atom is 0.0494 e. The fraction of sp³-hybridized carbons (Fsp3) is 0.286. The fourth-order valence-corrected chi connectivity index (χ4v) is 3.71. The van der Waals surface area contributed by atoms with Crippen LogP contribution in [-0.2, 0) is 19.4 Å². The van der Waals surface area contributed by atoms with Crippen LogP contribution in [0.1, 0.15) is 22.4 Å². The van der Waals surface area contributed by atoms with E-state index in [2.05, 4.69) is 50.9 Å². The Morgan fingerprint density at radius 1 is 1.18 bits per heavy atom. The molecule has 1 aliphatic carbocycles. The molecule has 0 atom stereocenters. The monoisotopic (exact) mass is 307 g/mol. The van der Waals surface area contributed by atoms with Crippen LogP contribution in [0.4, 0.5) is 5.69 Å². The zero-order valence-corrected chi connectivity index (χ0v) is 11.9. The van der Waals surface area contributed by atoms with E-state index in [4.69, 9.17) is 0 Å². The lowest BCUT2D eigenvalue weighted by molar-refractivity contribution is 0.912. The van der Waals surface area contributed by atoms with Crippen molar-refractivity contribution in [2.75, 3.05) is 5.32 Å². The summed E-state index contributed by atoms with van der Waals surface area (Å²) in [5.41, 5.74) is 4.31. The maximum absolute atomic E-state index is 3.49. The van der Waals surface area contributed by atoms with Gasteiger partial charge in [0.05, 0.1) is 0 Å². The van der Waals surface area contributed by atoms with Gasteiger partial charge >= 0.3 is 0 Å². The molecule has 3 rings (SSSR count). The van der Waals surface area contributed by atoms with Gasteiger partial charge in [-0.2, -0.15) is 0 Å². The Morgan fingerprint density at radius 3 is 2.88 bits per heavy atom. The van der Waals surface area contributed by atoms with Gasteiger partial charge in [0.2, 0.25) is 0 Å². The van der Waals surface area contributed by atoms with Crippen molar-refractivity contribution >= 4 is 33.0 Å². The molecule has 1 aliphatic rings. The molecule has 3 heteroatoms. The molecule has 0 saturated heterocycles. The molecule has 1 heterocycles. The third-order valence-electron chi connectivity index (χ3n) is 3.19. The number of aryl methyl sites for hydroxylation is 2. The molecular weight excluding hydrogens is 294 g/mol. The van der Waals surface area contributed by atoms with Crippen LogP contribution in [0, 0.1) is 0 Å². The topological polar surface area (TPSA) is 12.0 Å². The van der Waals surface area contributed by atoms with Gasteiger partial charge in [0.1, 0.15) is 0 Å². The second-order valence-corrected chi connectivity index (χ2v) is 6.33. The van der Waals surface area contributed by atoms with Crippen LogP contribution in [-0.4, -0.2) is 0 Å². The lowest BCUT2D eigenvalue weighted by Crippen LogP contribution is -1.98. The molecule has 1 aromatic heterocycles. The number of rotatable bonds is 3. The highest BCUT2D eigenvalue weighted by atomic mass is 79.9. The first kappa shape index (κ1) is 11.3. The largest absolute Gasteiger partial charge is 0.380 e. The van der Waals surface area contributed by atoms with Crippen LogP contribution < -0.4 is 5.32 Å². The molecule has 88 valence electrons. The van der Waals surface area contributed by atoms with Gasteiger partial charge in [-0.1, -0.05) is 6.07 Å². The van der Waals surface area contributed by atoms with Crippen molar-refractivity contribution in [3.8, 4) is 0 Å². The zero-order valence-electron chi connectivity index (χ0n) is 9.50. The van der Waals surface area contributed by atoms with E-state index in [1.807, 2.05) is 0 Å². The quantitative estimate of drug-likeness (QED) is 0.873. The summed E-state index contributed by atoms with van der Waals surface area (Å²) in [5.74, 6) is 0. The van der Waals surface area contributed by atoms with Crippen LogP contribution in [0.5, 0.6) is 0 Å². The minimum atomic E-state index is 0.912. The summed E-state index contributed by atoms with van der Waals surface area (Å²) in [6.07, 6.45) is 3.82. The number of anilines is 1. The van der Waals surface area contributed by atoms with Gasteiger partial charge in [-0.15, -0.1) is 11.3 Å². The number of nitrogens with one attached hydrogen (secondary N) is 1. The smallest absolute Gasteiger partial charge is 0.0494 e. The summed E-state index contributed by atoms with van der Waals surface area (Å²) < 4.78 is 1.17. The van der Waals surface area contributed by atoms with Crippen molar-refractivity contribution < 1.29 is 0 Å². The van der Waals surface area contributed by atoms with E-state index >= 15 is 0 Å². The average molecular weight is 308 g/mol. The molecule has 1 nitrogen and oxygen atoms in total. The van der Waals surface area contributed by atoms with Crippen molar-refractivity contribution in [1.29, 1.82) is 0 Å². The molecule has 0 aliphatic heterocycles. The lowest BCUT2D eigenvalue weighted by Gasteiger charge is -2.07. The first-order chi connectivity index (χ1) is 8.31. The molecule has 2 aromatic rings. The third kappa shape index (κ3) is 2.55. The van der Waals surface area contributed by atoms with Gasteiger partial charge in [-0.05, 0) is 64.5 Å². The second-order valence-electron chi connectivity index (χ2n) is 4.42. The predicted molar refractivity (Wildman–Crippen MR) is 77.8 cm³/mol. The summed E-state index contributed by atoms with van der Waals surface area (Å²) in [4.78, 5) is 1.36. The van der Waals surface area contributed by atoms with Crippen molar-refractivity contribution in [2.24, 2.45) is 0 Å². The first-order valence-electron chi connectivity index (χ1n) is 5.90. The van der Waals surface area contributed by atoms with Crippen molar-refractivity contribution in [3.05, 3.63) is 50.1 Å². The second kappa shape index (κ2) is 4.83. The van der Waals surface area contributed by atoms with Gasteiger partial charge in [0.25, 0.3) is 0 Å². The third-order valence-corrected chi connectivity index (χ3v) is 4.88. The normalized spacial score (nSPS) is 13.7. The predicted octanol–water partition coefficient (Wildman–Crippen LogP) is 4.61. The minimum absolute atomic E-state index is 0.912. The molecule has 0 spiro atoms. The Kier molecular flexibility index (Phi) is 3.21. The molecule has 0 saturated carbocycles. The van der Waals surface area contributed by atoms with Crippen molar-refractivity contribution in [3.63, 3.8) is 0 Å². The maximum atomic E-state index is 3.49. The Hall–Kier alpha value is -0.800. The average Bonchev–Trinajstić information content (AvgIpc) is 2.94. The Labute approximate surface area is 114 Å². The highest BCUT2D eigenvalue weighted by Crippen LogP contribution is 2.26. The lowest BCUT2D eigenvalue weighted by atomic mass is 10.1. The summed E-state index contributed by atoms with van der Waals surface area (Å²) in [5, 5.41) is 5.62. The van der Waals surface area contributed by atoms with Crippen LogP contribution in [0.15, 0.2) is 34.1 Å². The van der Waals surface area contributed by atoms with Crippen molar-refractivity contribution in [2.45, 2.75) is 25.8 Å². The highest BCUT2D eigenvalue weighted by molar-refractivity contribution is 9.10. The Balaban J connectivity index is 1.69. The number of benzene rings is 1. The van der Waals surface area contributed by atoms with Crippen LogP contribution in [0.2, 0.25) is 0 Å². The molecule has 0 radical (unpaired) electrons. The van der Waals surface area contributed by atoms with Gasteiger partial charge < -0.3 is 5.32 Å². The molecule has 0 amide bonds. The first-order valence-corrected chi connectivity index (χ1v) is 7.57. The molecule has 1 aromatic carbocycles. The standard InChI is InChI=1S/C14H14BrNS/c15-12-7-14(17-9-12)8-16-13-5-4-10-2-1-3-11(10)6-13/h4-7,9,16H,1-3,8H2. The molecule has 1 N–H and O–H groups in total. The molecule has 0 bridgehead atoms. The number of fused-ring (bicyclic) bond motifs is 1. The Morgan fingerprint density at radius 2 is 2.06 bits per heavy atom. The molecule has 0 fully saturated rings. The van der Waals surface area contributed by atoms with E-state index in [1.54, 1.807) is 11.3 Å². The van der Waals surface area contributed by atoms with Gasteiger partial charge in [0.15, 0.2) is 0 Å². The van der Waals surface area contributed by atoms with E-state index in [-0.39, 0.29) is 0 Å². The summed E-state index contributed by atoms with van der Waals surface area (Å²) in [6.45, 7) is 0.912. The number of thiophene rings is 1. The summed E-state index contributed by atoms with van der Waals surface area (Å²) >= 11 is 5.27. The van der Waals surface area contributed by atoms with E-state index in [0.29, 0.717) is 0 Å². The molecule has 0 unspecified atom stereocenters. The van der Waals surface area contributed by atoms with Gasteiger partial charge in [-0.3, -0.25) is 0 Å². The minimum Gasteiger partial charge on any atom is -0.380 e. The summed E-state index contributed by atoms with van der Waals surface area (Å²) in [6, 6.07) is 8.96. The molecule has 17 heavy (non-hydrogen) atoms. The van der Waals surface area contributed by atoms with Crippen LogP contribution in [0.25, 0.3) is 0 Å². The van der Waals surface area contributed by atoms with Crippen molar-refractivity contribution in [1.82, 2.24) is 0 Å². The number of hydrogen-bond acceptors (Lipinski definition) is 2. The van der Waals surface area contributed by atoms with E-state index in [1.165, 1.54) is 45.4 Å². The molecular formula is C14H14BrNS. The highest BCUT2D eigenvalue weighted by Gasteiger charge is 2.10. The zero-order chi connectivity index (χ0) is 11.7. The summed E-state index contributed by atoms with van der Waals surface area (Å²) in [7, 11) is 0. The van der Waals surface area contributed by atoms with Crippen LogP contribution in [0.3, 0.4) is 0 Å².